The third-order valence-corrected chi connectivity index (χ3v) is 5.36. The van der Waals surface area contributed by atoms with Gasteiger partial charge < -0.3 is 5.32 Å². The predicted octanol–water partition coefficient (Wildman–Crippen LogP) is 5.92. The molecule has 0 bridgehead atoms. The van der Waals surface area contributed by atoms with Gasteiger partial charge >= 0.3 is 0 Å². The minimum atomic E-state index is 0.330. The van der Waals surface area contributed by atoms with Crippen LogP contribution in [0, 0.1) is 13.8 Å². The lowest BCUT2D eigenvalue weighted by molar-refractivity contribution is -0.118. The van der Waals surface area contributed by atoms with E-state index in [4.69, 9.17) is 0 Å². The van der Waals surface area contributed by atoms with E-state index in [1.54, 1.807) is 0 Å². The summed E-state index contributed by atoms with van der Waals surface area (Å²) in [5.74, 6) is 0.330. The maximum Gasteiger partial charge on any atom is 0.137 e. The van der Waals surface area contributed by atoms with E-state index in [1.807, 2.05) is 0 Å². The molecule has 0 amide bonds. The number of carbonyl (C=O) groups excluding carboxylic acids is 1. The van der Waals surface area contributed by atoms with E-state index in [9.17, 15) is 4.79 Å². The maximum atomic E-state index is 12.4. The van der Waals surface area contributed by atoms with E-state index in [0.29, 0.717) is 24.7 Å². The van der Waals surface area contributed by atoms with Crippen molar-refractivity contribution in [3.05, 3.63) is 82.9 Å². The summed E-state index contributed by atoms with van der Waals surface area (Å²) in [4.78, 5) is 12.4. The van der Waals surface area contributed by atoms with Crippen LogP contribution in [-0.2, 0) is 17.8 Å². The van der Waals surface area contributed by atoms with E-state index >= 15 is 0 Å². The number of hydrogen-bond donors (Lipinski definition) is 1. The van der Waals surface area contributed by atoms with Crippen LogP contribution in [0.2, 0.25) is 0 Å². The van der Waals surface area contributed by atoms with Crippen molar-refractivity contribution in [1.82, 2.24) is 5.32 Å². The van der Waals surface area contributed by atoms with Gasteiger partial charge in [0.15, 0.2) is 0 Å². The average molecular weight is 374 g/mol. The van der Waals surface area contributed by atoms with Crippen LogP contribution < -0.4 is 5.32 Å². The van der Waals surface area contributed by atoms with Crippen LogP contribution in [0.5, 0.6) is 0 Å². The summed E-state index contributed by atoms with van der Waals surface area (Å²) in [6.45, 7) is 7.21. The smallest absolute Gasteiger partial charge is 0.137 e. The Morgan fingerprint density at radius 3 is 2.32 bits per heavy atom. The number of fused-ring (bicyclic) bond motifs is 1. The summed E-state index contributed by atoms with van der Waals surface area (Å²) in [7, 11) is 0. The maximum absolute atomic E-state index is 12.4. The topological polar surface area (TPSA) is 29.1 Å². The van der Waals surface area contributed by atoms with Gasteiger partial charge in [-0.2, -0.15) is 0 Å². The Labute approximate surface area is 169 Å². The number of rotatable bonds is 9. The summed E-state index contributed by atoms with van der Waals surface area (Å²) in [5, 5.41) is 6.19. The predicted molar refractivity (Wildman–Crippen MR) is 119 cm³/mol. The van der Waals surface area contributed by atoms with Crippen LogP contribution in [0.1, 0.15) is 48.4 Å². The Balaban J connectivity index is 1.50. The number of aryl methyl sites for hydroxylation is 2. The molecule has 0 aliphatic heterocycles. The molecule has 0 spiro atoms. The molecule has 1 atom stereocenters. The molecule has 0 aliphatic carbocycles. The van der Waals surface area contributed by atoms with Gasteiger partial charge in [0.1, 0.15) is 5.78 Å². The first-order valence-corrected chi connectivity index (χ1v) is 10.3. The highest BCUT2D eigenvalue weighted by molar-refractivity contribution is 5.83. The molecule has 28 heavy (non-hydrogen) atoms. The Morgan fingerprint density at radius 2 is 1.61 bits per heavy atom. The van der Waals surface area contributed by atoms with Gasteiger partial charge in [-0.25, -0.2) is 0 Å². The van der Waals surface area contributed by atoms with Crippen LogP contribution >= 0.6 is 0 Å². The van der Waals surface area contributed by atoms with Gasteiger partial charge in [0.25, 0.3) is 0 Å². The Morgan fingerprint density at radius 1 is 0.893 bits per heavy atom. The fourth-order valence-corrected chi connectivity index (χ4v) is 3.88. The largest absolute Gasteiger partial charge is 0.310 e. The highest BCUT2D eigenvalue weighted by atomic mass is 16.1. The van der Waals surface area contributed by atoms with E-state index in [-0.39, 0.29) is 0 Å². The van der Waals surface area contributed by atoms with Crippen LogP contribution in [0.25, 0.3) is 10.8 Å². The summed E-state index contributed by atoms with van der Waals surface area (Å²) in [6, 6.07) is 21.8. The zero-order valence-electron chi connectivity index (χ0n) is 17.3. The highest BCUT2D eigenvalue weighted by Crippen LogP contribution is 2.16. The van der Waals surface area contributed by atoms with Crippen molar-refractivity contribution in [3.8, 4) is 0 Å². The molecule has 0 heterocycles. The third-order valence-electron chi connectivity index (χ3n) is 5.36. The number of carbonyl (C=O) groups is 1. The molecule has 0 fully saturated rings. The summed E-state index contributed by atoms with van der Waals surface area (Å²) in [5.41, 5.74) is 4.89. The standard InChI is InChI=1S/C26H31NO/c1-4-25(11-12-26(28)17-22-14-19(2)13-20(3)15-22)27-18-21-9-10-23-7-5-6-8-24(23)16-21/h5-10,13-16,25,27H,4,11-12,17-18H2,1-3H3. The Hall–Kier alpha value is -2.45. The van der Waals surface area contributed by atoms with E-state index in [2.05, 4.69) is 86.8 Å². The van der Waals surface area contributed by atoms with Gasteiger partial charge in [0.2, 0.25) is 0 Å². The van der Waals surface area contributed by atoms with Gasteiger partial charge in [-0.15, -0.1) is 0 Å². The minimum Gasteiger partial charge on any atom is -0.310 e. The molecule has 3 aromatic rings. The van der Waals surface area contributed by atoms with Gasteiger partial charge in [0, 0.05) is 25.4 Å². The number of Topliss-reactive ketones (excluding diaryl/α,β-unsaturated/α-hetero) is 1. The lowest BCUT2D eigenvalue weighted by atomic mass is 9.99. The van der Waals surface area contributed by atoms with E-state index in [0.717, 1.165) is 24.9 Å². The minimum absolute atomic E-state index is 0.330. The zero-order chi connectivity index (χ0) is 19.9. The first kappa shape index (κ1) is 20.3. The monoisotopic (exact) mass is 373 g/mol. The molecule has 1 N–H and O–H groups in total. The molecule has 0 aromatic heterocycles. The summed E-state index contributed by atoms with van der Waals surface area (Å²) >= 11 is 0. The van der Waals surface area contributed by atoms with Crippen molar-refractivity contribution in [1.29, 1.82) is 0 Å². The second-order valence-electron chi connectivity index (χ2n) is 7.92. The molecule has 0 aliphatic rings. The number of nitrogens with one attached hydrogen (secondary N) is 1. The lowest BCUT2D eigenvalue weighted by Gasteiger charge is -2.17. The van der Waals surface area contributed by atoms with Crippen molar-refractivity contribution in [2.75, 3.05) is 0 Å². The summed E-state index contributed by atoms with van der Waals surface area (Å²) in [6.07, 6.45) is 3.11. The molecule has 3 rings (SSSR count). The molecular formula is C26H31NO. The Kier molecular flexibility index (Phi) is 7.00. The second-order valence-corrected chi connectivity index (χ2v) is 7.92. The molecule has 0 radical (unpaired) electrons. The molecule has 2 nitrogen and oxygen atoms in total. The number of hydrogen-bond acceptors (Lipinski definition) is 2. The van der Waals surface area contributed by atoms with Crippen LogP contribution in [0.3, 0.4) is 0 Å². The van der Waals surface area contributed by atoms with Crippen LogP contribution in [-0.4, -0.2) is 11.8 Å². The van der Waals surface area contributed by atoms with Crippen molar-refractivity contribution in [2.45, 2.75) is 59.0 Å². The second kappa shape index (κ2) is 9.66. The molecule has 0 saturated heterocycles. The Bertz CT molecular complexity index is 924. The van der Waals surface area contributed by atoms with Crippen molar-refractivity contribution in [2.24, 2.45) is 0 Å². The van der Waals surface area contributed by atoms with Gasteiger partial charge in [-0.3, -0.25) is 4.79 Å². The average Bonchev–Trinajstić information content (AvgIpc) is 2.67. The quantitative estimate of drug-likeness (QED) is 0.505. The summed E-state index contributed by atoms with van der Waals surface area (Å²) < 4.78 is 0. The first-order chi connectivity index (χ1) is 13.5. The fourth-order valence-electron chi connectivity index (χ4n) is 3.88. The fraction of sp³-hybridized carbons (Fsp3) is 0.346. The highest BCUT2D eigenvalue weighted by Gasteiger charge is 2.11. The lowest BCUT2D eigenvalue weighted by Crippen LogP contribution is -2.28. The molecule has 146 valence electrons. The van der Waals surface area contributed by atoms with E-state index in [1.165, 1.54) is 27.5 Å². The molecule has 1 unspecified atom stereocenters. The number of benzene rings is 3. The molecule has 2 heteroatoms. The van der Waals surface area contributed by atoms with Crippen LogP contribution in [0.4, 0.5) is 0 Å². The first-order valence-electron chi connectivity index (χ1n) is 10.3. The van der Waals surface area contributed by atoms with Crippen molar-refractivity contribution >= 4 is 16.6 Å². The molecular weight excluding hydrogens is 342 g/mol. The zero-order valence-corrected chi connectivity index (χ0v) is 17.3. The van der Waals surface area contributed by atoms with Crippen molar-refractivity contribution < 1.29 is 4.79 Å². The van der Waals surface area contributed by atoms with E-state index < -0.39 is 0 Å². The third kappa shape index (κ3) is 5.77. The molecule has 3 aromatic carbocycles. The van der Waals surface area contributed by atoms with Gasteiger partial charge in [-0.1, -0.05) is 72.6 Å². The number of ketones is 1. The SMILES string of the molecule is CCC(CCC(=O)Cc1cc(C)cc(C)c1)NCc1ccc2ccccc2c1. The normalized spacial score (nSPS) is 12.2. The van der Waals surface area contributed by atoms with Gasteiger partial charge in [0.05, 0.1) is 0 Å². The molecule has 0 saturated carbocycles. The van der Waals surface area contributed by atoms with Gasteiger partial charge in [-0.05, 0) is 54.7 Å². The van der Waals surface area contributed by atoms with Crippen LogP contribution in [0.15, 0.2) is 60.7 Å². The van der Waals surface area contributed by atoms with Crippen molar-refractivity contribution in [3.63, 3.8) is 0 Å².